The lowest BCUT2D eigenvalue weighted by molar-refractivity contribution is -0.137. The number of benzene rings is 2. The van der Waals surface area contributed by atoms with E-state index in [4.69, 9.17) is 0 Å². The minimum atomic E-state index is -4.34. The molecular formula is C27H28F3N5O2. The van der Waals surface area contributed by atoms with Crippen molar-refractivity contribution in [2.75, 3.05) is 31.1 Å². The minimum absolute atomic E-state index is 0.179. The molecule has 0 atom stereocenters. The van der Waals surface area contributed by atoms with Gasteiger partial charge in [0, 0.05) is 51.0 Å². The molecule has 37 heavy (non-hydrogen) atoms. The van der Waals surface area contributed by atoms with Crippen LogP contribution in [0.5, 0.6) is 0 Å². The Labute approximate surface area is 213 Å². The Hall–Kier alpha value is -3.66. The zero-order valence-corrected chi connectivity index (χ0v) is 21.0. The number of carbonyl (C=O) groups excluding carboxylic acids is 2. The Kier molecular flexibility index (Phi) is 6.31. The number of hydrogen-bond acceptors (Lipinski definition) is 5. The van der Waals surface area contributed by atoms with E-state index >= 15 is 0 Å². The molecule has 1 fully saturated rings. The molecule has 10 heteroatoms. The molecule has 3 heterocycles. The second kappa shape index (κ2) is 9.33. The number of fused-ring (bicyclic) bond motifs is 1. The van der Waals surface area contributed by atoms with Gasteiger partial charge in [-0.1, -0.05) is 18.2 Å². The van der Waals surface area contributed by atoms with Crippen LogP contribution >= 0.6 is 0 Å². The summed E-state index contributed by atoms with van der Waals surface area (Å²) in [4.78, 5) is 32.2. The van der Waals surface area contributed by atoms with Crippen LogP contribution in [0, 0.1) is 13.8 Å². The van der Waals surface area contributed by atoms with Crippen LogP contribution in [0.2, 0.25) is 0 Å². The van der Waals surface area contributed by atoms with Gasteiger partial charge in [0.05, 0.1) is 34.6 Å². The highest BCUT2D eigenvalue weighted by Crippen LogP contribution is 2.34. The Morgan fingerprint density at radius 1 is 0.892 bits per heavy atom. The van der Waals surface area contributed by atoms with Crippen molar-refractivity contribution in [3.8, 4) is 0 Å². The third kappa shape index (κ3) is 4.61. The lowest BCUT2D eigenvalue weighted by Gasteiger charge is -2.36. The van der Waals surface area contributed by atoms with Gasteiger partial charge >= 0.3 is 6.18 Å². The molecule has 0 saturated carbocycles. The van der Waals surface area contributed by atoms with Gasteiger partial charge in [-0.05, 0) is 43.7 Å². The number of nitrogens with zero attached hydrogens (tertiary/aromatic N) is 5. The third-order valence-electron chi connectivity index (χ3n) is 7.35. The number of alkyl halides is 3. The van der Waals surface area contributed by atoms with E-state index in [9.17, 15) is 22.8 Å². The molecule has 3 aromatic rings. The van der Waals surface area contributed by atoms with Crippen molar-refractivity contribution in [3.63, 3.8) is 0 Å². The maximum atomic E-state index is 13.5. The number of piperazine rings is 1. The molecule has 0 N–H and O–H groups in total. The number of aromatic nitrogens is 2. The lowest BCUT2D eigenvalue weighted by Crippen LogP contribution is -2.46. The summed E-state index contributed by atoms with van der Waals surface area (Å²) in [5.41, 5.74) is 4.33. The first-order valence-electron chi connectivity index (χ1n) is 12.2. The normalized spacial score (nSPS) is 16.6. The molecule has 194 valence electrons. The topological polar surface area (TPSA) is 61.7 Å². The molecule has 2 amide bonds. The second-order valence-corrected chi connectivity index (χ2v) is 9.63. The average molecular weight is 512 g/mol. The Morgan fingerprint density at radius 3 is 2.16 bits per heavy atom. The maximum absolute atomic E-state index is 13.5. The fourth-order valence-electron chi connectivity index (χ4n) is 5.13. The van der Waals surface area contributed by atoms with Crippen LogP contribution < -0.4 is 4.90 Å². The summed E-state index contributed by atoms with van der Waals surface area (Å²) in [5, 5.41) is 4.40. The van der Waals surface area contributed by atoms with E-state index in [1.165, 1.54) is 17.0 Å². The zero-order valence-electron chi connectivity index (χ0n) is 21.0. The molecule has 1 aromatic heterocycles. The van der Waals surface area contributed by atoms with Crippen LogP contribution in [0.4, 0.5) is 18.9 Å². The van der Waals surface area contributed by atoms with Gasteiger partial charge in [-0.3, -0.25) is 24.1 Å². The predicted octanol–water partition coefficient (Wildman–Crippen LogP) is 4.17. The van der Waals surface area contributed by atoms with Crippen molar-refractivity contribution < 1.29 is 22.8 Å². The number of hydrogen-bond donors (Lipinski definition) is 0. The van der Waals surface area contributed by atoms with Crippen molar-refractivity contribution >= 4 is 17.5 Å². The largest absolute Gasteiger partial charge is 0.416 e. The van der Waals surface area contributed by atoms with Gasteiger partial charge in [-0.25, -0.2) is 0 Å². The van der Waals surface area contributed by atoms with Gasteiger partial charge in [0.15, 0.2) is 0 Å². The van der Waals surface area contributed by atoms with Crippen LogP contribution in [-0.2, 0) is 26.3 Å². The summed E-state index contributed by atoms with van der Waals surface area (Å²) in [6.45, 7) is 7.17. The molecule has 0 bridgehead atoms. The summed E-state index contributed by atoms with van der Waals surface area (Å²) in [5.74, 6) is -0.601. The van der Waals surface area contributed by atoms with Crippen molar-refractivity contribution in [2.24, 2.45) is 7.05 Å². The van der Waals surface area contributed by atoms with Gasteiger partial charge in [0.25, 0.3) is 11.8 Å². The van der Waals surface area contributed by atoms with E-state index < -0.39 is 11.7 Å². The average Bonchev–Trinajstić information content (AvgIpc) is 3.26. The van der Waals surface area contributed by atoms with Crippen molar-refractivity contribution in [1.82, 2.24) is 19.6 Å². The number of aryl methyl sites for hydroxylation is 2. The van der Waals surface area contributed by atoms with Gasteiger partial charge in [-0.15, -0.1) is 0 Å². The molecule has 0 radical (unpaired) electrons. The van der Waals surface area contributed by atoms with Crippen LogP contribution in [0.1, 0.15) is 48.8 Å². The van der Waals surface area contributed by atoms with Crippen LogP contribution in [-0.4, -0.2) is 57.6 Å². The number of imide groups is 1. The van der Waals surface area contributed by atoms with Crippen LogP contribution in [0.25, 0.3) is 0 Å². The van der Waals surface area contributed by atoms with E-state index in [2.05, 4.69) is 14.9 Å². The Bertz CT molecular complexity index is 1360. The number of anilines is 1. The van der Waals surface area contributed by atoms with Gasteiger partial charge in [0.2, 0.25) is 0 Å². The summed E-state index contributed by atoms with van der Waals surface area (Å²) in [6.07, 6.45) is -4.34. The summed E-state index contributed by atoms with van der Waals surface area (Å²) in [6, 6.07) is 10.6. The predicted molar refractivity (Wildman–Crippen MR) is 132 cm³/mol. The van der Waals surface area contributed by atoms with Gasteiger partial charge in [0.1, 0.15) is 0 Å². The molecule has 5 rings (SSSR count). The van der Waals surface area contributed by atoms with Crippen molar-refractivity contribution in [3.05, 3.63) is 81.7 Å². The zero-order chi connectivity index (χ0) is 26.5. The lowest BCUT2D eigenvalue weighted by atomic mass is 10.1. The highest BCUT2D eigenvalue weighted by molar-refractivity contribution is 6.23. The molecule has 2 aromatic carbocycles. The number of rotatable bonds is 5. The van der Waals surface area contributed by atoms with E-state index in [0.29, 0.717) is 43.9 Å². The molecule has 0 unspecified atom stereocenters. The maximum Gasteiger partial charge on any atom is 0.416 e. The van der Waals surface area contributed by atoms with Crippen molar-refractivity contribution in [2.45, 2.75) is 33.1 Å². The van der Waals surface area contributed by atoms with Crippen molar-refractivity contribution in [1.29, 1.82) is 0 Å². The Morgan fingerprint density at radius 2 is 1.57 bits per heavy atom. The summed E-state index contributed by atoms with van der Waals surface area (Å²) >= 11 is 0. The number of halogens is 3. The van der Waals surface area contributed by atoms with E-state index in [1.807, 2.05) is 27.0 Å². The molecule has 2 aliphatic rings. The first-order chi connectivity index (χ1) is 17.5. The Balaban J connectivity index is 1.28. The fourth-order valence-corrected chi connectivity index (χ4v) is 5.13. The second-order valence-electron chi connectivity index (χ2n) is 9.63. The monoisotopic (exact) mass is 511 g/mol. The van der Waals surface area contributed by atoms with E-state index in [0.717, 1.165) is 40.3 Å². The van der Waals surface area contributed by atoms with E-state index in [1.54, 1.807) is 16.8 Å². The van der Waals surface area contributed by atoms with Gasteiger partial charge in [-0.2, -0.15) is 18.3 Å². The third-order valence-corrected chi connectivity index (χ3v) is 7.35. The minimum Gasteiger partial charge on any atom is -0.368 e. The summed E-state index contributed by atoms with van der Waals surface area (Å²) < 4.78 is 40.2. The molecule has 2 aliphatic heterocycles. The highest BCUT2D eigenvalue weighted by atomic mass is 19.4. The molecule has 7 nitrogen and oxygen atoms in total. The molecular weight excluding hydrogens is 483 g/mol. The van der Waals surface area contributed by atoms with Gasteiger partial charge < -0.3 is 4.90 Å². The molecule has 1 saturated heterocycles. The first kappa shape index (κ1) is 25.0. The SMILES string of the molecule is Cc1nn(C)c(C)c1CN1C(=O)c2cccc(N3CCN(Cc4ccc(C(F)(F)F)cc4)CC3)c2C1=O. The number of carbonyl (C=O) groups is 2. The molecule has 0 aliphatic carbocycles. The highest BCUT2D eigenvalue weighted by Gasteiger charge is 2.39. The molecule has 0 spiro atoms. The fraction of sp³-hybridized carbons (Fsp3) is 0.370. The summed E-state index contributed by atoms with van der Waals surface area (Å²) in [7, 11) is 1.84. The first-order valence-corrected chi connectivity index (χ1v) is 12.2. The number of amides is 2. The van der Waals surface area contributed by atoms with E-state index in [-0.39, 0.29) is 18.4 Å². The quantitative estimate of drug-likeness (QED) is 0.481. The smallest absolute Gasteiger partial charge is 0.368 e. The van der Waals surface area contributed by atoms with Crippen LogP contribution in [0.15, 0.2) is 42.5 Å². The van der Waals surface area contributed by atoms with Crippen LogP contribution in [0.3, 0.4) is 0 Å². The standard InChI is InChI=1S/C27H28F3N5O2/c1-17-22(18(2)32(3)31-17)16-35-25(36)21-5-4-6-23(24(21)26(35)37)34-13-11-33(12-14-34)15-19-7-9-20(10-8-19)27(28,29)30/h4-10H,11-16H2,1-3H3.